The van der Waals surface area contributed by atoms with Crippen LogP contribution in [-0.4, -0.2) is 12.2 Å². The van der Waals surface area contributed by atoms with Crippen LogP contribution in [0.15, 0.2) is 18.2 Å². The van der Waals surface area contributed by atoms with Crippen molar-refractivity contribution in [2.45, 2.75) is 25.9 Å². The zero-order valence-corrected chi connectivity index (χ0v) is 8.92. The predicted octanol–water partition coefficient (Wildman–Crippen LogP) is 2.86. The Bertz CT molecular complexity index is 343. The van der Waals surface area contributed by atoms with Crippen LogP contribution in [0.25, 0.3) is 0 Å². The Morgan fingerprint density at radius 1 is 1.33 bits per heavy atom. The third-order valence-corrected chi connectivity index (χ3v) is 2.15. The molecule has 1 aromatic carbocycles. The lowest BCUT2D eigenvalue weighted by atomic mass is 9.93. The van der Waals surface area contributed by atoms with Crippen molar-refractivity contribution in [3.8, 4) is 5.75 Å². The van der Waals surface area contributed by atoms with E-state index in [0.29, 0.717) is 5.75 Å². The number of rotatable bonds is 3. The summed E-state index contributed by atoms with van der Waals surface area (Å²) in [6.45, 7) is 2.93. The first-order chi connectivity index (χ1) is 6.86. The Hall–Kier alpha value is -1.16. The first kappa shape index (κ1) is 11.9. The van der Waals surface area contributed by atoms with Crippen molar-refractivity contribution in [3.63, 3.8) is 0 Å². The summed E-state index contributed by atoms with van der Waals surface area (Å²) in [7, 11) is 1.45. The normalized spacial score (nSPS) is 11.9. The summed E-state index contributed by atoms with van der Waals surface area (Å²) in [6.07, 6.45) is -2.60. The molecule has 0 bridgehead atoms. The number of benzene rings is 1. The van der Waals surface area contributed by atoms with Crippen molar-refractivity contribution in [1.82, 2.24) is 0 Å². The first-order valence-corrected chi connectivity index (χ1v) is 4.55. The molecule has 0 saturated carbocycles. The van der Waals surface area contributed by atoms with E-state index in [-0.39, 0.29) is 11.1 Å². The van der Waals surface area contributed by atoms with Crippen LogP contribution in [0.4, 0.5) is 8.78 Å². The van der Waals surface area contributed by atoms with Gasteiger partial charge in [-0.2, -0.15) is 0 Å². The standard InChI is InChI=1S/C11H14F2O2/c1-11(2,14)9-6-7(15-3)4-5-8(9)10(12)13/h4-6,10,14H,1-3H3. The van der Waals surface area contributed by atoms with Crippen molar-refractivity contribution in [2.75, 3.05) is 7.11 Å². The molecule has 0 aliphatic carbocycles. The maximum Gasteiger partial charge on any atom is 0.264 e. The lowest BCUT2D eigenvalue weighted by Gasteiger charge is -2.22. The van der Waals surface area contributed by atoms with E-state index in [1.807, 2.05) is 0 Å². The third-order valence-electron chi connectivity index (χ3n) is 2.15. The molecule has 2 nitrogen and oxygen atoms in total. The molecule has 15 heavy (non-hydrogen) atoms. The average molecular weight is 216 g/mol. The lowest BCUT2D eigenvalue weighted by molar-refractivity contribution is 0.0698. The fraction of sp³-hybridized carbons (Fsp3) is 0.455. The first-order valence-electron chi connectivity index (χ1n) is 4.55. The maximum absolute atomic E-state index is 12.6. The van der Waals surface area contributed by atoms with Gasteiger partial charge in [0.15, 0.2) is 0 Å². The second-order valence-electron chi connectivity index (χ2n) is 3.81. The predicted molar refractivity (Wildman–Crippen MR) is 53.2 cm³/mol. The molecule has 0 spiro atoms. The Labute approximate surface area is 87.5 Å². The van der Waals surface area contributed by atoms with Crippen LogP contribution in [0, 0.1) is 0 Å². The van der Waals surface area contributed by atoms with Crippen molar-refractivity contribution < 1.29 is 18.6 Å². The summed E-state index contributed by atoms with van der Waals surface area (Å²) in [6, 6.07) is 4.16. The third kappa shape index (κ3) is 2.65. The maximum atomic E-state index is 12.6. The van der Waals surface area contributed by atoms with Gasteiger partial charge >= 0.3 is 0 Å². The number of hydrogen-bond donors (Lipinski definition) is 1. The number of halogens is 2. The minimum absolute atomic E-state index is 0.164. The lowest BCUT2D eigenvalue weighted by Crippen LogP contribution is -2.18. The molecule has 0 radical (unpaired) electrons. The molecule has 0 aliphatic rings. The molecule has 0 fully saturated rings. The summed E-state index contributed by atoms with van der Waals surface area (Å²) in [5.41, 5.74) is -1.28. The Balaban J connectivity index is 3.29. The largest absolute Gasteiger partial charge is 0.497 e. The van der Waals surface area contributed by atoms with E-state index >= 15 is 0 Å². The molecule has 0 amide bonds. The van der Waals surface area contributed by atoms with Gasteiger partial charge in [-0.05, 0) is 37.6 Å². The highest BCUT2D eigenvalue weighted by Gasteiger charge is 2.24. The molecule has 4 heteroatoms. The molecule has 1 aromatic rings. The topological polar surface area (TPSA) is 29.5 Å². The zero-order valence-electron chi connectivity index (χ0n) is 8.92. The minimum Gasteiger partial charge on any atom is -0.497 e. The summed E-state index contributed by atoms with van der Waals surface area (Å²) in [5.74, 6) is 0.455. The number of ether oxygens (including phenoxy) is 1. The molecular formula is C11H14F2O2. The van der Waals surface area contributed by atoms with Crippen LogP contribution in [0.1, 0.15) is 31.4 Å². The van der Waals surface area contributed by atoms with Gasteiger partial charge in [0, 0.05) is 5.56 Å². The molecule has 84 valence electrons. The van der Waals surface area contributed by atoms with Crippen LogP contribution in [0.2, 0.25) is 0 Å². The van der Waals surface area contributed by atoms with Crippen molar-refractivity contribution >= 4 is 0 Å². The second-order valence-corrected chi connectivity index (χ2v) is 3.81. The van der Waals surface area contributed by atoms with Crippen LogP contribution in [0.5, 0.6) is 5.75 Å². The van der Waals surface area contributed by atoms with Gasteiger partial charge in [0.1, 0.15) is 5.75 Å². The van der Waals surface area contributed by atoms with E-state index in [2.05, 4.69) is 0 Å². The van der Waals surface area contributed by atoms with Gasteiger partial charge in [-0.15, -0.1) is 0 Å². The summed E-state index contributed by atoms with van der Waals surface area (Å²) in [5, 5.41) is 9.75. The van der Waals surface area contributed by atoms with Gasteiger partial charge in [0.05, 0.1) is 12.7 Å². The number of hydrogen-bond acceptors (Lipinski definition) is 2. The van der Waals surface area contributed by atoms with Gasteiger partial charge in [0.25, 0.3) is 6.43 Å². The molecular weight excluding hydrogens is 202 g/mol. The van der Waals surface area contributed by atoms with Gasteiger partial charge in [-0.1, -0.05) is 0 Å². The van der Waals surface area contributed by atoms with E-state index in [1.54, 1.807) is 0 Å². The summed E-state index contributed by atoms with van der Waals surface area (Å²) < 4.78 is 30.2. The van der Waals surface area contributed by atoms with Gasteiger partial charge < -0.3 is 9.84 Å². The van der Waals surface area contributed by atoms with E-state index < -0.39 is 12.0 Å². The SMILES string of the molecule is COc1ccc(C(F)F)c(C(C)(C)O)c1. The number of methoxy groups -OCH3 is 1. The van der Waals surface area contributed by atoms with E-state index in [4.69, 9.17) is 4.74 Å². The van der Waals surface area contributed by atoms with E-state index in [9.17, 15) is 13.9 Å². The Morgan fingerprint density at radius 3 is 2.33 bits per heavy atom. The molecule has 0 aromatic heterocycles. The molecule has 0 saturated heterocycles. The molecule has 0 atom stereocenters. The minimum atomic E-state index is -2.60. The molecule has 1 rings (SSSR count). The second kappa shape index (κ2) is 4.14. The fourth-order valence-electron chi connectivity index (χ4n) is 1.38. The average Bonchev–Trinajstić information content (AvgIpc) is 2.15. The summed E-state index contributed by atoms with van der Waals surface area (Å²) >= 11 is 0. The number of aliphatic hydroxyl groups is 1. The monoisotopic (exact) mass is 216 g/mol. The van der Waals surface area contributed by atoms with Crippen LogP contribution in [-0.2, 0) is 5.60 Å². The van der Waals surface area contributed by atoms with Crippen molar-refractivity contribution in [1.29, 1.82) is 0 Å². The molecule has 0 heterocycles. The quantitative estimate of drug-likeness (QED) is 0.841. The zero-order chi connectivity index (χ0) is 11.6. The highest BCUT2D eigenvalue weighted by molar-refractivity contribution is 5.39. The van der Waals surface area contributed by atoms with Crippen LogP contribution >= 0.6 is 0 Å². The fourth-order valence-corrected chi connectivity index (χ4v) is 1.38. The molecule has 0 unspecified atom stereocenters. The summed E-state index contributed by atoms with van der Waals surface area (Å²) in [4.78, 5) is 0. The van der Waals surface area contributed by atoms with E-state index in [0.717, 1.165) is 0 Å². The number of alkyl halides is 2. The molecule has 0 aliphatic heterocycles. The van der Waals surface area contributed by atoms with Gasteiger partial charge in [0.2, 0.25) is 0 Å². The highest BCUT2D eigenvalue weighted by Crippen LogP contribution is 2.33. The van der Waals surface area contributed by atoms with Crippen LogP contribution < -0.4 is 4.74 Å². The van der Waals surface area contributed by atoms with Crippen LogP contribution in [0.3, 0.4) is 0 Å². The van der Waals surface area contributed by atoms with E-state index in [1.165, 1.54) is 39.2 Å². The Kier molecular flexibility index (Phi) is 3.29. The van der Waals surface area contributed by atoms with Crippen molar-refractivity contribution in [3.05, 3.63) is 29.3 Å². The van der Waals surface area contributed by atoms with Crippen molar-refractivity contribution in [2.24, 2.45) is 0 Å². The molecule has 1 N–H and O–H groups in total. The smallest absolute Gasteiger partial charge is 0.264 e. The highest BCUT2D eigenvalue weighted by atomic mass is 19.3. The Morgan fingerprint density at radius 2 is 1.93 bits per heavy atom. The van der Waals surface area contributed by atoms with Gasteiger partial charge in [-0.25, -0.2) is 8.78 Å². The van der Waals surface area contributed by atoms with Gasteiger partial charge in [-0.3, -0.25) is 0 Å².